The standard InChI is InChI=1S/C25H27F3N4O3/c1-15-20(16-9-13-19(14-10-16)29-23(34)35-24(2,3)4)30-32(6)21(15)31(5)22(33)17-7-11-18(12-8-17)25(26,27)28/h7-14H,1-6H3,(H,29,34). The van der Waals surface area contributed by atoms with Crippen LogP contribution in [0.3, 0.4) is 0 Å². The molecule has 0 saturated carbocycles. The lowest BCUT2D eigenvalue weighted by Crippen LogP contribution is -2.28. The lowest BCUT2D eigenvalue weighted by molar-refractivity contribution is -0.137. The number of nitrogens with one attached hydrogen (secondary N) is 1. The molecule has 1 heterocycles. The van der Waals surface area contributed by atoms with Gasteiger partial charge in [0.15, 0.2) is 0 Å². The monoisotopic (exact) mass is 488 g/mol. The first kappa shape index (κ1) is 25.8. The van der Waals surface area contributed by atoms with Gasteiger partial charge in [-0.05, 0) is 64.1 Å². The van der Waals surface area contributed by atoms with Crippen molar-refractivity contribution in [1.29, 1.82) is 0 Å². The predicted molar refractivity (Wildman–Crippen MR) is 127 cm³/mol. The number of aromatic nitrogens is 2. The van der Waals surface area contributed by atoms with Crippen LogP contribution < -0.4 is 10.2 Å². The Morgan fingerprint density at radius 3 is 2.09 bits per heavy atom. The van der Waals surface area contributed by atoms with Crippen LogP contribution in [-0.2, 0) is 18.0 Å². The number of aryl methyl sites for hydroxylation is 1. The van der Waals surface area contributed by atoms with Gasteiger partial charge in [0.25, 0.3) is 5.91 Å². The van der Waals surface area contributed by atoms with Crippen LogP contribution in [0, 0.1) is 6.92 Å². The Kier molecular flexibility index (Phi) is 6.96. The second-order valence-electron chi connectivity index (χ2n) is 9.06. The fourth-order valence-electron chi connectivity index (χ4n) is 3.59. The summed E-state index contributed by atoms with van der Waals surface area (Å²) in [5.41, 5.74) is 1.33. The predicted octanol–water partition coefficient (Wildman–Crippen LogP) is 6.04. The molecule has 0 aliphatic rings. The second kappa shape index (κ2) is 9.44. The summed E-state index contributed by atoms with van der Waals surface area (Å²) in [4.78, 5) is 26.3. The molecular formula is C25H27F3N4O3. The van der Waals surface area contributed by atoms with Gasteiger partial charge in [0.1, 0.15) is 11.4 Å². The van der Waals surface area contributed by atoms with Crippen LogP contribution in [-0.4, -0.2) is 34.4 Å². The van der Waals surface area contributed by atoms with Crippen LogP contribution in [0.1, 0.15) is 42.3 Å². The molecule has 0 bridgehead atoms. The van der Waals surface area contributed by atoms with E-state index in [0.717, 1.165) is 29.8 Å². The third kappa shape index (κ3) is 6.00. The summed E-state index contributed by atoms with van der Waals surface area (Å²) < 4.78 is 45.3. The van der Waals surface area contributed by atoms with Gasteiger partial charge in [0, 0.05) is 36.5 Å². The van der Waals surface area contributed by atoms with E-state index in [1.165, 1.54) is 4.90 Å². The summed E-state index contributed by atoms with van der Waals surface area (Å²) >= 11 is 0. The maximum Gasteiger partial charge on any atom is 0.416 e. The highest BCUT2D eigenvalue weighted by Crippen LogP contribution is 2.32. The van der Waals surface area contributed by atoms with Crippen molar-refractivity contribution in [3.05, 3.63) is 65.2 Å². The molecule has 0 aliphatic heterocycles. The average molecular weight is 489 g/mol. The van der Waals surface area contributed by atoms with Crippen LogP contribution >= 0.6 is 0 Å². The zero-order chi connectivity index (χ0) is 26.1. The third-order valence-corrected chi connectivity index (χ3v) is 5.13. The van der Waals surface area contributed by atoms with Crippen molar-refractivity contribution >= 4 is 23.5 Å². The molecule has 35 heavy (non-hydrogen) atoms. The van der Waals surface area contributed by atoms with Crippen LogP contribution in [0.5, 0.6) is 0 Å². The minimum absolute atomic E-state index is 0.125. The Morgan fingerprint density at radius 2 is 1.57 bits per heavy atom. The molecular weight excluding hydrogens is 461 g/mol. The number of halogens is 3. The van der Waals surface area contributed by atoms with E-state index in [1.54, 1.807) is 70.7 Å². The maximum atomic E-state index is 13.0. The van der Waals surface area contributed by atoms with Crippen molar-refractivity contribution in [2.75, 3.05) is 17.3 Å². The van der Waals surface area contributed by atoms with Gasteiger partial charge in [-0.25, -0.2) is 4.79 Å². The summed E-state index contributed by atoms with van der Waals surface area (Å²) in [6, 6.07) is 11.1. The van der Waals surface area contributed by atoms with E-state index < -0.39 is 29.3 Å². The number of benzene rings is 2. The van der Waals surface area contributed by atoms with Gasteiger partial charge in [-0.2, -0.15) is 18.3 Å². The number of anilines is 2. The lowest BCUT2D eigenvalue weighted by atomic mass is 10.1. The molecule has 2 amide bonds. The SMILES string of the molecule is Cc1c(-c2ccc(NC(=O)OC(C)(C)C)cc2)nn(C)c1N(C)C(=O)c1ccc(C(F)(F)F)cc1. The molecule has 1 N–H and O–H groups in total. The Morgan fingerprint density at radius 1 is 1.00 bits per heavy atom. The van der Waals surface area contributed by atoms with Crippen molar-refractivity contribution < 1.29 is 27.5 Å². The number of amides is 2. The molecule has 3 rings (SSSR count). The molecule has 0 atom stereocenters. The molecule has 186 valence electrons. The molecule has 1 aromatic heterocycles. The number of hydrogen-bond acceptors (Lipinski definition) is 4. The first-order chi connectivity index (χ1) is 16.2. The highest BCUT2D eigenvalue weighted by Gasteiger charge is 2.30. The van der Waals surface area contributed by atoms with Crippen molar-refractivity contribution in [3.63, 3.8) is 0 Å². The number of rotatable bonds is 4. The van der Waals surface area contributed by atoms with Gasteiger partial charge < -0.3 is 4.74 Å². The fraction of sp³-hybridized carbons (Fsp3) is 0.320. The van der Waals surface area contributed by atoms with Crippen molar-refractivity contribution in [1.82, 2.24) is 9.78 Å². The Labute approximate surface area is 201 Å². The largest absolute Gasteiger partial charge is 0.444 e. The van der Waals surface area contributed by atoms with E-state index >= 15 is 0 Å². The van der Waals surface area contributed by atoms with Gasteiger partial charge in [-0.3, -0.25) is 19.7 Å². The summed E-state index contributed by atoms with van der Waals surface area (Å²) in [7, 11) is 3.22. The van der Waals surface area contributed by atoms with Crippen molar-refractivity contribution in [3.8, 4) is 11.3 Å². The van der Waals surface area contributed by atoms with E-state index in [4.69, 9.17) is 4.74 Å². The maximum absolute atomic E-state index is 13.0. The number of nitrogens with zero attached hydrogens (tertiary/aromatic N) is 3. The minimum Gasteiger partial charge on any atom is -0.444 e. The van der Waals surface area contributed by atoms with E-state index in [-0.39, 0.29) is 5.56 Å². The topological polar surface area (TPSA) is 76.5 Å². The lowest BCUT2D eigenvalue weighted by Gasteiger charge is -2.19. The average Bonchev–Trinajstić information content (AvgIpc) is 3.05. The van der Waals surface area contributed by atoms with Gasteiger partial charge in [-0.1, -0.05) is 12.1 Å². The molecule has 0 spiro atoms. The van der Waals surface area contributed by atoms with Gasteiger partial charge in [0.05, 0.1) is 11.3 Å². The fourth-order valence-corrected chi connectivity index (χ4v) is 3.59. The number of carbonyl (C=O) groups excluding carboxylic acids is 2. The first-order valence-electron chi connectivity index (χ1n) is 10.8. The summed E-state index contributed by atoms with van der Waals surface area (Å²) in [5.74, 6) is 0.0362. The number of alkyl halides is 3. The second-order valence-corrected chi connectivity index (χ2v) is 9.06. The van der Waals surface area contributed by atoms with Gasteiger partial charge in [-0.15, -0.1) is 0 Å². The molecule has 3 aromatic rings. The highest BCUT2D eigenvalue weighted by atomic mass is 19.4. The Bertz CT molecular complexity index is 1230. The summed E-state index contributed by atoms with van der Waals surface area (Å²) in [5, 5.41) is 7.19. The quantitative estimate of drug-likeness (QED) is 0.486. The molecule has 10 heteroatoms. The van der Waals surface area contributed by atoms with Gasteiger partial charge in [0.2, 0.25) is 0 Å². The smallest absolute Gasteiger partial charge is 0.416 e. The van der Waals surface area contributed by atoms with Crippen LogP contribution in [0.15, 0.2) is 48.5 Å². The van der Waals surface area contributed by atoms with E-state index in [1.807, 2.05) is 0 Å². The van der Waals surface area contributed by atoms with Gasteiger partial charge >= 0.3 is 12.3 Å². The van der Waals surface area contributed by atoms with E-state index in [2.05, 4.69) is 10.4 Å². The first-order valence-corrected chi connectivity index (χ1v) is 10.8. The van der Waals surface area contributed by atoms with Crippen LogP contribution in [0.25, 0.3) is 11.3 Å². The van der Waals surface area contributed by atoms with Crippen molar-refractivity contribution in [2.45, 2.75) is 39.5 Å². The molecule has 0 radical (unpaired) electrons. The minimum atomic E-state index is -4.47. The zero-order valence-electron chi connectivity index (χ0n) is 20.3. The van der Waals surface area contributed by atoms with Crippen molar-refractivity contribution in [2.24, 2.45) is 7.05 Å². The molecule has 2 aromatic carbocycles. The zero-order valence-corrected chi connectivity index (χ0v) is 20.3. The molecule has 0 fully saturated rings. The molecule has 0 aliphatic carbocycles. The third-order valence-electron chi connectivity index (χ3n) is 5.13. The molecule has 0 unspecified atom stereocenters. The number of ether oxygens (including phenoxy) is 1. The van der Waals surface area contributed by atoms with E-state index in [0.29, 0.717) is 22.8 Å². The van der Waals surface area contributed by atoms with Crippen LogP contribution in [0.4, 0.5) is 29.5 Å². The summed E-state index contributed by atoms with van der Waals surface area (Å²) in [6.07, 6.45) is -5.04. The van der Waals surface area contributed by atoms with E-state index in [9.17, 15) is 22.8 Å². The number of carbonyl (C=O) groups is 2. The number of hydrogen-bond donors (Lipinski definition) is 1. The molecule has 0 saturated heterocycles. The Hall–Kier alpha value is -3.82. The normalized spacial score (nSPS) is 11.8. The Balaban J connectivity index is 1.81. The highest BCUT2D eigenvalue weighted by molar-refractivity contribution is 6.06. The van der Waals surface area contributed by atoms with Crippen LogP contribution in [0.2, 0.25) is 0 Å². The molecule has 7 nitrogen and oxygen atoms in total. The summed E-state index contributed by atoms with van der Waals surface area (Å²) in [6.45, 7) is 7.13.